The third-order valence-electron chi connectivity index (χ3n) is 2.80. The Kier molecular flexibility index (Phi) is 2.80. The van der Waals surface area contributed by atoms with E-state index in [0.717, 1.165) is 0 Å². The Morgan fingerprint density at radius 1 is 1.15 bits per heavy atom. The second kappa shape index (κ2) is 4.50. The van der Waals surface area contributed by atoms with Gasteiger partial charge < -0.3 is 9.82 Å². The van der Waals surface area contributed by atoms with Crippen molar-refractivity contribution in [3.8, 4) is 0 Å². The number of halogens is 1. The molecule has 0 atom stereocenters. The van der Waals surface area contributed by atoms with Gasteiger partial charge in [0.05, 0.1) is 16.1 Å². The Morgan fingerprint density at radius 2 is 1.75 bits per heavy atom. The van der Waals surface area contributed by atoms with E-state index in [4.69, 9.17) is 16.4 Å². The van der Waals surface area contributed by atoms with E-state index in [1.54, 1.807) is 12.1 Å². The Labute approximate surface area is 117 Å². The summed E-state index contributed by atoms with van der Waals surface area (Å²) < 4.78 is 0. The van der Waals surface area contributed by atoms with E-state index in [2.05, 4.69) is 4.98 Å². The largest absolute Gasteiger partial charge is 0.380 e. The lowest BCUT2D eigenvalue weighted by atomic mass is 10.1. The topological polar surface area (TPSA) is 79.5 Å². The van der Waals surface area contributed by atoms with Crippen molar-refractivity contribution in [2.45, 2.75) is 0 Å². The Bertz CT molecular complexity index is 702. The average Bonchev–Trinajstić information content (AvgIpc) is 2.98. The molecule has 1 aliphatic rings. The SMILES string of the molecule is O=C(ON1C(=O)c2ccccc2C1=O)c1cc(Cl)c[nH]1. The Morgan fingerprint density at radius 3 is 2.25 bits per heavy atom. The second-order valence-corrected chi connectivity index (χ2v) is 4.50. The molecule has 2 aromatic rings. The number of hydrogen-bond acceptors (Lipinski definition) is 4. The van der Waals surface area contributed by atoms with Crippen LogP contribution in [0, 0.1) is 0 Å². The maximum absolute atomic E-state index is 12.0. The van der Waals surface area contributed by atoms with Gasteiger partial charge in [-0.15, -0.1) is 0 Å². The summed E-state index contributed by atoms with van der Waals surface area (Å²) in [7, 11) is 0. The third kappa shape index (κ3) is 1.86. The van der Waals surface area contributed by atoms with Gasteiger partial charge in [-0.2, -0.15) is 0 Å². The van der Waals surface area contributed by atoms with Crippen LogP contribution in [0.1, 0.15) is 31.2 Å². The number of fused-ring (bicyclic) bond motifs is 1. The zero-order valence-electron chi connectivity index (χ0n) is 9.92. The summed E-state index contributed by atoms with van der Waals surface area (Å²) >= 11 is 5.66. The minimum Gasteiger partial charge on any atom is -0.354 e. The minimum atomic E-state index is -0.869. The molecule has 1 N–H and O–H groups in total. The van der Waals surface area contributed by atoms with Crippen molar-refractivity contribution in [3.05, 3.63) is 58.4 Å². The number of aromatic nitrogens is 1. The normalized spacial score (nSPS) is 13.6. The molecule has 0 unspecified atom stereocenters. The van der Waals surface area contributed by atoms with Gasteiger partial charge in [0, 0.05) is 6.20 Å². The lowest BCUT2D eigenvalue weighted by Gasteiger charge is -2.11. The number of imide groups is 1. The predicted molar refractivity (Wildman–Crippen MR) is 68.2 cm³/mol. The molecule has 20 heavy (non-hydrogen) atoms. The molecule has 0 spiro atoms. The van der Waals surface area contributed by atoms with Crippen LogP contribution in [-0.2, 0) is 4.84 Å². The predicted octanol–water partition coefficient (Wildman–Crippen LogP) is 2.04. The molecule has 1 aromatic heterocycles. The van der Waals surface area contributed by atoms with Crippen molar-refractivity contribution >= 4 is 29.4 Å². The summed E-state index contributed by atoms with van der Waals surface area (Å²) in [6.45, 7) is 0. The fourth-order valence-corrected chi connectivity index (χ4v) is 2.03. The molecule has 2 heterocycles. The number of rotatable bonds is 2. The first-order valence-electron chi connectivity index (χ1n) is 5.62. The Balaban J connectivity index is 1.85. The molecule has 0 saturated heterocycles. The average molecular weight is 291 g/mol. The quantitative estimate of drug-likeness (QED) is 0.858. The molecule has 7 heteroatoms. The molecule has 1 aromatic carbocycles. The number of aromatic amines is 1. The van der Waals surface area contributed by atoms with Gasteiger partial charge in [0.15, 0.2) is 0 Å². The highest BCUT2D eigenvalue weighted by atomic mass is 35.5. The number of nitrogens with zero attached hydrogens (tertiary/aromatic N) is 1. The molecule has 0 fully saturated rings. The zero-order chi connectivity index (χ0) is 14.3. The number of benzene rings is 1. The number of nitrogens with one attached hydrogen (secondary N) is 1. The second-order valence-electron chi connectivity index (χ2n) is 4.06. The molecule has 0 saturated carbocycles. The smallest absolute Gasteiger partial charge is 0.354 e. The van der Waals surface area contributed by atoms with Crippen LogP contribution in [-0.4, -0.2) is 27.8 Å². The van der Waals surface area contributed by atoms with Gasteiger partial charge in [0.25, 0.3) is 11.8 Å². The van der Waals surface area contributed by atoms with Gasteiger partial charge in [-0.1, -0.05) is 28.8 Å². The zero-order valence-corrected chi connectivity index (χ0v) is 10.7. The van der Waals surface area contributed by atoms with Gasteiger partial charge >= 0.3 is 5.97 Å². The van der Waals surface area contributed by atoms with E-state index in [1.807, 2.05) is 0 Å². The van der Waals surface area contributed by atoms with E-state index >= 15 is 0 Å². The highest BCUT2D eigenvalue weighted by Gasteiger charge is 2.38. The third-order valence-corrected chi connectivity index (χ3v) is 3.02. The van der Waals surface area contributed by atoms with Crippen LogP contribution in [0.2, 0.25) is 5.02 Å². The summed E-state index contributed by atoms with van der Waals surface area (Å²) in [5.74, 6) is -2.21. The Hall–Kier alpha value is -2.60. The maximum Gasteiger partial charge on any atom is 0.380 e. The molecule has 2 amide bonds. The van der Waals surface area contributed by atoms with E-state index in [0.29, 0.717) is 10.1 Å². The van der Waals surface area contributed by atoms with Crippen LogP contribution in [0.15, 0.2) is 36.5 Å². The van der Waals surface area contributed by atoms with Crippen LogP contribution in [0.3, 0.4) is 0 Å². The van der Waals surface area contributed by atoms with Gasteiger partial charge in [0.1, 0.15) is 5.69 Å². The molecule has 6 nitrogen and oxygen atoms in total. The number of hydrogen-bond donors (Lipinski definition) is 1. The highest BCUT2D eigenvalue weighted by molar-refractivity contribution is 6.31. The first-order valence-corrected chi connectivity index (χ1v) is 6.00. The lowest BCUT2D eigenvalue weighted by Crippen LogP contribution is -2.32. The monoisotopic (exact) mass is 290 g/mol. The van der Waals surface area contributed by atoms with Crippen LogP contribution in [0.5, 0.6) is 0 Å². The molecule has 0 aliphatic carbocycles. The summed E-state index contributed by atoms with van der Waals surface area (Å²) in [6, 6.07) is 7.58. The number of carbonyl (C=O) groups excluding carboxylic acids is 3. The first-order chi connectivity index (χ1) is 9.58. The van der Waals surface area contributed by atoms with Crippen LogP contribution < -0.4 is 0 Å². The van der Waals surface area contributed by atoms with Crippen LogP contribution in [0.4, 0.5) is 0 Å². The van der Waals surface area contributed by atoms with Crippen molar-refractivity contribution in [2.75, 3.05) is 0 Å². The van der Waals surface area contributed by atoms with Gasteiger partial charge in [0.2, 0.25) is 0 Å². The molecular formula is C13H7ClN2O4. The number of H-pyrrole nitrogens is 1. The molecular weight excluding hydrogens is 284 g/mol. The van der Waals surface area contributed by atoms with Gasteiger partial charge in [-0.25, -0.2) is 4.79 Å². The molecule has 0 radical (unpaired) electrons. The van der Waals surface area contributed by atoms with E-state index < -0.39 is 17.8 Å². The van der Waals surface area contributed by atoms with Crippen molar-refractivity contribution in [3.63, 3.8) is 0 Å². The fraction of sp³-hybridized carbons (Fsp3) is 0. The summed E-state index contributed by atoms with van der Waals surface area (Å²) in [4.78, 5) is 43.1. The lowest BCUT2D eigenvalue weighted by molar-refractivity contribution is -0.0588. The van der Waals surface area contributed by atoms with Crippen LogP contribution >= 0.6 is 11.6 Å². The summed E-state index contributed by atoms with van der Waals surface area (Å²) in [5, 5.41) is 0.765. The number of amides is 2. The molecule has 1 aliphatic heterocycles. The number of hydroxylamine groups is 2. The van der Waals surface area contributed by atoms with Crippen molar-refractivity contribution in [2.24, 2.45) is 0 Å². The first kappa shape index (κ1) is 12.4. The maximum atomic E-state index is 12.0. The standard InChI is InChI=1S/C13H7ClN2O4/c14-7-5-10(15-6-7)13(19)20-16-11(17)8-3-1-2-4-9(8)12(16)18/h1-6,15H. The molecule has 100 valence electrons. The van der Waals surface area contributed by atoms with Crippen LogP contribution in [0.25, 0.3) is 0 Å². The van der Waals surface area contributed by atoms with Crippen molar-refractivity contribution < 1.29 is 19.2 Å². The molecule has 0 bridgehead atoms. The number of carbonyl (C=O) groups is 3. The van der Waals surface area contributed by atoms with E-state index in [9.17, 15) is 14.4 Å². The van der Waals surface area contributed by atoms with Gasteiger partial charge in [-0.05, 0) is 18.2 Å². The molecule has 3 rings (SSSR count). The summed E-state index contributed by atoms with van der Waals surface area (Å²) in [6.07, 6.45) is 1.39. The highest BCUT2D eigenvalue weighted by Crippen LogP contribution is 2.23. The van der Waals surface area contributed by atoms with Crippen molar-refractivity contribution in [1.29, 1.82) is 0 Å². The van der Waals surface area contributed by atoms with E-state index in [1.165, 1.54) is 24.4 Å². The minimum absolute atomic E-state index is 0.0477. The van der Waals surface area contributed by atoms with E-state index in [-0.39, 0.29) is 16.8 Å². The fourth-order valence-electron chi connectivity index (χ4n) is 1.87. The van der Waals surface area contributed by atoms with Crippen molar-refractivity contribution in [1.82, 2.24) is 10.0 Å². The van der Waals surface area contributed by atoms with Gasteiger partial charge in [-0.3, -0.25) is 9.59 Å². The summed E-state index contributed by atoms with van der Waals surface area (Å²) in [5.41, 5.74) is 0.455.